The molecule has 3 aromatic carbocycles. The Balaban J connectivity index is 1.65. The van der Waals surface area contributed by atoms with Crippen molar-refractivity contribution in [3.05, 3.63) is 112 Å². The Morgan fingerprint density at radius 2 is 1.52 bits per heavy atom. The first-order chi connectivity index (χ1) is 15.9. The molecule has 1 saturated heterocycles. The first-order valence-corrected chi connectivity index (χ1v) is 11.1. The monoisotopic (exact) mass is 439 g/mol. The van der Waals surface area contributed by atoms with Gasteiger partial charge in [0, 0.05) is 7.05 Å². The van der Waals surface area contributed by atoms with Crippen LogP contribution in [0.1, 0.15) is 27.8 Å². The summed E-state index contributed by atoms with van der Waals surface area (Å²) in [4.78, 5) is 16.4. The number of amides is 1. The lowest BCUT2D eigenvalue weighted by Gasteiger charge is -2.20. The summed E-state index contributed by atoms with van der Waals surface area (Å²) in [6, 6.07) is 25.9. The molecule has 1 N–H and O–H groups in total. The van der Waals surface area contributed by atoms with E-state index in [1.54, 1.807) is 0 Å². The molecule has 0 radical (unpaired) electrons. The molecular formula is C28H29N3O2. The van der Waals surface area contributed by atoms with Gasteiger partial charge in [-0.3, -0.25) is 5.41 Å². The summed E-state index contributed by atoms with van der Waals surface area (Å²) in [6.45, 7) is 4.27. The molecule has 1 aliphatic rings. The Bertz CT molecular complexity index is 1150. The van der Waals surface area contributed by atoms with Crippen LogP contribution in [0.25, 0.3) is 6.08 Å². The van der Waals surface area contributed by atoms with E-state index in [0.717, 1.165) is 22.4 Å². The third-order valence-electron chi connectivity index (χ3n) is 5.94. The van der Waals surface area contributed by atoms with Crippen molar-refractivity contribution in [2.24, 2.45) is 0 Å². The summed E-state index contributed by atoms with van der Waals surface area (Å²) >= 11 is 0. The van der Waals surface area contributed by atoms with Crippen LogP contribution in [0, 0.1) is 19.3 Å². The molecule has 1 fully saturated rings. The summed E-state index contributed by atoms with van der Waals surface area (Å²) in [7, 11) is 1.86. The molecular weight excluding hydrogens is 410 g/mol. The van der Waals surface area contributed by atoms with Crippen molar-refractivity contribution in [3.63, 3.8) is 0 Å². The molecule has 5 heteroatoms. The van der Waals surface area contributed by atoms with Crippen LogP contribution in [-0.4, -0.2) is 34.9 Å². The second kappa shape index (κ2) is 9.74. The van der Waals surface area contributed by atoms with E-state index >= 15 is 0 Å². The molecule has 1 atom stereocenters. The first-order valence-electron chi connectivity index (χ1n) is 11.1. The molecule has 1 amide bonds. The van der Waals surface area contributed by atoms with Gasteiger partial charge in [0.2, 0.25) is 5.96 Å². The highest BCUT2D eigenvalue weighted by molar-refractivity contribution is 5.98. The van der Waals surface area contributed by atoms with Gasteiger partial charge in [-0.1, -0.05) is 90.0 Å². The van der Waals surface area contributed by atoms with Gasteiger partial charge >= 0.3 is 6.09 Å². The molecule has 4 rings (SSSR count). The Kier molecular flexibility index (Phi) is 6.59. The van der Waals surface area contributed by atoms with Crippen molar-refractivity contribution in [2.45, 2.75) is 32.9 Å². The molecule has 168 valence electrons. The van der Waals surface area contributed by atoms with E-state index in [4.69, 9.17) is 10.1 Å². The number of nitrogens with one attached hydrogen (secondary N) is 1. The zero-order valence-electron chi connectivity index (χ0n) is 19.3. The van der Waals surface area contributed by atoms with Gasteiger partial charge in [-0.25, -0.2) is 9.69 Å². The lowest BCUT2D eigenvalue weighted by atomic mass is 10.0. The van der Waals surface area contributed by atoms with E-state index in [1.165, 1.54) is 16.0 Å². The molecule has 1 heterocycles. The van der Waals surface area contributed by atoms with Crippen molar-refractivity contribution in [1.29, 1.82) is 5.41 Å². The van der Waals surface area contributed by atoms with E-state index in [1.807, 2.05) is 79.5 Å². The summed E-state index contributed by atoms with van der Waals surface area (Å²) in [5, 5.41) is 8.70. The number of aryl methyl sites for hydroxylation is 2. The molecule has 5 nitrogen and oxygen atoms in total. The Morgan fingerprint density at radius 3 is 2.15 bits per heavy atom. The highest BCUT2D eigenvalue weighted by Crippen LogP contribution is 2.30. The number of hydrogen-bond acceptors (Lipinski definition) is 3. The number of ether oxygens (including phenoxy) is 1. The average molecular weight is 440 g/mol. The van der Waals surface area contributed by atoms with Gasteiger partial charge < -0.3 is 9.64 Å². The van der Waals surface area contributed by atoms with Gasteiger partial charge in [-0.15, -0.1) is 0 Å². The molecule has 33 heavy (non-hydrogen) atoms. The molecule has 0 aromatic heterocycles. The van der Waals surface area contributed by atoms with Crippen LogP contribution in [0.5, 0.6) is 0 Å². The number of carbonyl (C=O) groups is 1. The van der Waals surface area contributed by atoms with Gasteiger partial charge in [-0.2, -0.15) is 0 Å². The van der Waals surface area contributed by atoms with Gasteiger partial charge in [0.15, 0.2) is 0 Å². The van der Waals surface area contributed by atoms with Crippen LogP contribution in [-0.2, 0) is 17.8 Å². The third-order valence-corrected chi connectivity index (χ3v) is 5.94. The van der Waals surface area contributed by atoms with Crippen LogP contribution < -0.4 is 0 Å². The molecule has 0 spiro atoms. The fourth-order valence-corrected chi connectivity index (χ4v) is 3.93. The third kappa shape index (κ3) is 5.14. The maximum atomic E-state index is 13.2. The van der Waals surface area contributed by atoms with Gasteiger partial charge in [0.25, 0.3) is 0 Å². The van der Waals surface area contributed by atoms with E-state index < -0.39 is 6.09 Å². The van der Waals surface area contributed by atoms with Gasteiger partial charge in [0.1, 0.15) is 6.61 Å². The maximum absolute atomic E-state index is 13.2. The van der Waals surface area contributed by atoms with E-state index in [2.05, 4.69) is 31.2 Å². The van der Waals surface area contributed by atoms with Crippen molar-refractivity contribution >= 4 is 18.1 Å². The van der Waals surface area contributed by atoms with Crippen LogP contribution >= 0.6 is 0 Å². The second-order valence-electron chi connectivity index (χ2n) is 8.50. The second-order valence-corrected chi connectivity index (χ2v) is 8.50. The highest BCUT2D eigenvalue weighted by atomic mass is 16.6. The Morgan fingerprint density at radius 1 is 0.909 bits per heavy atom. The SMILES string of the molecule is Cc1ccc(/C=C2/C(Cc3ccc(C)cc3)N(C)C(=N)N2C(=O)OCc2ccccc2)cc1. The van der Waals surface area contributed by atoms with Crippen LogP contribution in [0.3, 0.4) is 0 Å². The lowest BCUT2D eigenvalue weighted by Crippen LogP contribution is -2.35. The summed E-state index contributed by atoms with van der Waals surface area (Å²) in [5.74, 6) is 0.114. The molecule has 0 aliphatic carbocycles. The molecule has 1 unspecified atom stereocenters. The number of likely N-dealkylation sites (N-methyl/N-ethyl adjacent to an activating group) is 1. The Labute approximate surface area is 195 Å². The van der Waals surface area contributed by atoms with E-state index in [0.29, 0.717) is 6.42 Å². The number of guanidine groups is 1. The van der Waals surface area contributed by atoms with E-state index in [-0.39, 0.29) is 18.6 Å². The number of rotatable bonds is 5. The minimum atomic E-state index is -0.541. The summed E-state index contributed by atoms with van der Waals surface area (Å²) < 4.78 is 5.61. The van der Waals surface area contributed by atoms with Crippen LogP contribution in [0.2, 0.25) is 0 Å². The quantitative estimate of drug-likeness (QED) is 0.549. The van der Waals surface area contributed by atoms with Crippen molar-refractivity contribution < 1.29 is 9.53 Å². The largest absolute Gasteiger partial charge is 0.444 e. The summed E-state index contributed by atoms with van der Waals surface area (Å²) in [5.41, 5.74) is 6.15. The molecule has 0 bridgehead atoms. The number of hydrogen-bond donors (Lipinski definition) is 1. The average Bonchev–Trinajstić information content (AvgIpc) is 3.05. The van der Waals surface area contributed by atoms with Crippen molar-refractivity contribution in [1.82, 2.24) is 9.80 Å². The first kappa shape index (κ1) is 22.3. The van der Waals surface area contributed by atoms with E-state index in [9.17, 15) is 4.79 Å². The molecule has 3 aromatic rings. The number of carbonyl (C=O) groups excluding carboxylic acids is 1. The number of benzene rings is 3. The lowest BCUT2D eigenvalue weighted by molar-refractivity contribution is 0.123. The predicted molar refractivity (Wildman–Crippen MR) is 132 cm³/mol. The summed E-state index contributed by atoms with van der Waals surface area (Å²) in [6.07, 6.45) is 2.12. The fourth-order valence-electron chi connectivity index (χ4n) is 3.93. The fraction of sp³-hybridized carbons (Fsp3) is 0.214. The zero-order valence-corrected chi connectivity index (χ0v) is 19.3. The zero-order chi connectivity index (χ0) is 23.4. The van der Waals surface area contributed by atoms with Crippen molar-refractivity contribution in [2.75, 3.05) is 7.05 Å². The van der Waals surface area contributed by atoms with Gasteiger partial charge in [-0.05, 0) is 43.0 Å². The van der Waals surface area contributed by atoms with Crippen LogP contribution in [0.15, 0.2) is 84.6 Å². The highest BCUT2D eigenvalue weighted by Gasteiger charge is 2.41. The normalized spacial score (nSPS) is 17.0. The minimum Gasteiger partial charge on any atom is -0.444 e. The number of nitrogens with zero attached hydrogens (tertiary/aromatic N) is 2. The molecule has 0 saturated carbocycles. The smallest absolute Gasteiger partial charge is 0.421 e. The topological polar surface area (TPSA) is 56.6 Å². The predicted octanol–water partition coefficient (Wildman–Crippen LogP) is 5.77. The minimum absolute atomic E-state index is 0.114. The van der Waals surface area contributed by atoms with Gasteiger partial charge in [0.05, 0.1) is 11.7 Å². The van der Waals surface area contributed by atoms with Crippen LogP contribution in [0.4, 0.5) is 4.79 Å². The van der Waals surface area contributed by atoms with Crippen molar-refractivity contribution in [3.8, 4) is 0 Å². The standard InChI is InChI=1S/C28H29N3O2/c1-20-9-13-22(14-10-20)17-25-26(18-23-15-11-21(2)12-16-23)31(27(29)30(25)3)28(32)33-19-24-7-5-4-6-8-24/h4-16,18,25,29H,17,19H2,1-3H3/b26-18-,29-27?. The molecule has 1 aliphatic heterocycles. The Hall–Kier alpha value is -3.86. The maximum Gasteiger partial charge on any atom is 0.421 e.